The number of rotatable bonds is 5. The van der Waals surface area contributed by atoms with Gasteiger partial charge in [0.1, 0.15) is 5.75 Å². The predicted molar refractivity (Wildman–Crippen MR) is 95.9 cm³/mol. The Balaban J connectivity index is 1.87. The zero-order valence-corrected chi connectivity index (χ0v) is 14.5. The summed E-state index contributed by atoms with van der Waals surface area (Å²) in [5.74, 6) is -0.171. The fraction of sp³-hybridized carbons (Fsp3) is 0.176. The van der Waals surface area contributed by atoms with E-state index in [2.05, 4.69) is 37.8 Å². The van der Waals surface area contributed by atoms with Gasteiger partial charge in [-0.2, -0.15) is 5.10 Å². The molecule has 2 rings (SSSR count). The Bertz CT molecular complexity index is 745. The molecule has 2 aromatic carbocycles. The molecular weight excluding hydrogens is 358 g/mol. The maximum Gasteiger partial charge on any atom is 0.259 e. The standard InChI is InChI=1S/C17H18BrN3O2/c1-11-3-5-15(12(2)7-11)19-10-17(23)21-20-9-13-8-14(18)4-6-16(13)22/h3-9,19,22H,10H2,1-2H3,(H,21,23)/b20-9-. The second kappa shape index (κ2) is 7.78. The lowest BCUT2D eigenvalue weighted by Crippen LogP contribution is -2.26. The predicted octanol–water partition coefficient (Wildman–Crippen LogP) is 3.33. The van der Waals surface area contributed by atoms with Gasteiger partial charge >= 0.3 is 0 Å². The number of anilines is 1. The van der Waals surface area contributed by atoms with E-state index in [1.807, 2.05) is 26.0 Å². The van der Waals surface area contributed by atoms with Crippen molar-refractivity contribution in [3.63, 3.8) is 0 Å². The van der Waals surface area contributed by atoms with Crippen molar-refractivity contribution in [2.45, 2.75) is 13.8 Å². The topological polar surface area (TPSA) is 73.7 Å². The second-order valence-electron chi connectivity index (χ2n) is 5.17. The molecule has 0 fully saturated rings. The van der Waals surface area contributed by atoms with Crippen LogP contribution in [0.1, 0.15) is 16.7 Å². The summed E-state index contributed by atoms with van der Waals surface area (Å²) in [6.07, 6.45) is 1.40. The van der Waals surface area contributed by atoms with Crippen LogP contribution in [0.5, 0.6) is 5.75 Å². The minimum Gasteiger partial charge on any atom is -0.507 e. The number of carbonyl (C=O) groups is 1. The number of benzene rings is 2. The van der Waals surface area contributed by atoms with Gasteiger partial charge in [-0.15, -0.1) is 0 Å². The zero-order chi connectivity index (χ0) is 16.8. The largest absolute Gasteiger partial charge is 0.507 e. The summed E-state index contributed by atoms with van der Waals surface area (Å²) in [5, 5.41) is 16.6. The molecular formula is C17H18BrN3O2. The number of phenols is 1. The van der Waals surface area contributed by atoms with Crippen molar-refractivity contribution in [3.8, 4) is 5.75 Å². The summed E-state index contributed by atoms with van der Waals surface area (Å²) >= 11 is 3.31. The van der Waals surface area contributed by atoms with Gasteiger partial charge in [-0.1, -0.05) is 33.6 Å². The minimum atomic E-state index is -0.268. The summed E-state index contributed by atoms with van der Waals surface area (Å²) < 4.78 is 0.819. The number of aryl methyl sites for hydroxylation is 2. The molecule has 23 heavy (non-hydrogen) atoms. The lowest BCUT2D eigenvalue weighted by molar-refractivity contribution is -0.119. The summed E-state index contributed by atoms with van der Waals surface area (Å²) in [7, 11) is 0. The highest BCUT2D eigenvalue weighted by molar-refractivity contribution is 9.10. The average Bonchev–Trinajstić information content (AvgIpc) is 2.50. The number of carbonyl (C=O) groups excluding carboxylic acids is 1. The van der Waals surface area contributed by atoms with E-state index >= 15 is 0 Å². The second-order valence-corrected chi connectivity index (χ2v) is 6.08. The number of nitrogens with one attached hydrogen (secondary N) is 2. The van der Waals surface area contributed by atoms with Crippen LogP contribution in [0.15, 0.2) is 46.0 Å². The van der Waals surface area contributed by atoms with Gasteiger partial charge in [0.25, 0.3) is 5.91 Å². The van der Waals surface area contributed by atoms with E-state index in [-0.39, 0.29) is 18.2 Å². The van der Waals surface area contributed by atoms with Crippen molar-refractivity contribution >= 4 is 33.7 Å². The van der Waals surface area contributed by atoms with Crippen LogP contribution in [-0.2, 0) is 4.79 Å². The fourth-order valence-electron chi connectivity index (χ4n) is 2.03. The molecule has 0 aromatic heterocycles. The quantitative estimate of drug-likeness (QED) is 0.554. The first-order valence-electron chi connectivity index (χ1n) is 7.07. The number of phenolic OH excluding ortho intramolecular Hbond substituents is 1. The van der Waals surface area contributed by atoms with E-state index in [0.29, 0.717) is 5.56 Å². The molecule has 0 heterocycles. The molecule has 120 valence electrons. The Morgan fingerprint density at radius 1 is 1.26 bits per heavy atom. The molecule has 0 spiro atoms. The summed E-state index contributed by atoms with van der Waals surface area (Å²) in [5.41, 5.74) is 6.11. The molecule has 0 saturated heterocycles. The van der Waals surface area contributed by atoms with E-state index < -0.39 is 0 Å². The molecule has 0 saturated carbocycles. The molecule has 5 nitrogen and oxygen atoms in total. The molecule has 0 aliphatic rings. The van der Waals surface area contributed by atoms with Crippen molar-refractivity contribution in [3.05, 3.63) is 57.6 Å². The molecule has 0 aliphatic carbocycles. The number of nitrogens with zero attached hydrogens (tertiary/aromatic N) is 1. The lowest BCUT2D eigenvalue weighted by atomic mass is 10.1. The van der Waals surface area contributed by atoms with Crippen molar-refractivity contribution in [1.82, 2.24) is 5.43 Å². The Morgan fingerprint density at radius 3 is 2.78 bits per heavy atom. The van der Waals surface area contributed by atoms with Gasteiger partial charge in [0.05, 0.1) is 12.8 Å². The van der Waals surface area contributed by atoms with Crippen molar-refractivity contribution < 1.29 is 9.90 Å². The number of hydrazone groups is 1. The number of halogens is 1. The van der Waals surface area contributed by atoms with Crippen molar-refractivity contribution in [2.75, 3.05) is 11.9 Å². The van der Waals surface area contributed by atoms with E-state index in [9.17, 15) is 9.90 Å². The summed E-state index contributed by atoms with van der Waals surface area (Å²) in [4.78, 5) is 11.8. The van der Waals surface area contributed by atoms with Gasteiger partial charge in [-0.05, 0) is 43.7 Å². The molecule has 6 heteroatoms. The van der Waals surface area contributed by atoms with E-state index in [0.717, 1.165) is 15.7 Å². The highest BCUT2D eigenvalue weighted by atomic mass is 79.9. The Labute approximate surface area is 143 Å². The maximum atomic E-state index is 11.8. The van der Waals surface area contributed by atoms with Crippen LogP contribution in [-0.4, -0.2) is 23.8 Å². The van der Waals surface area contributed by atoms with Gasteiger partial charge in [-0.25, -0.2) is 5.43 Å². The normalized spacial score (nSPS) is 10.7. The molecule has 1 amide bonds. The number of hydrogen-bond donors (Lipinski definition) is 3. The molecule has 0 unspecified atom stereocenters. The smallest absolute Gasteiger partial charge is 0.259 e. The Kier molecular flexibility index (Phi) is 5.76. The first kappa shape index (κ1) is 17.0. The van der Waals surface area contributed by atoms with Crippen LogP contribution in [0, 0.1) is 13.8 Å². The van der Waals surface area contributed by atoms with Crippen LogP contribution >= 0.6 is 15.9 Å². The highest BCUT2D eigenvalue weighted by Crippen LogP contribution is 2.20. The van der Waals surface area contributed by atoms with E-state index in [1.165, 1.54) is 11.8 Å². The monoisotopic (exact) mass is 375 g/mol. The third kappa shape index (κ3) is 5.10. The molecule has 3 N–H and O–H groups in total. The molecule has 0 aliphatic heterocycles. The highest BCUT2D eigenvalue weighted by Gasteiger charge is 2.03. The number of aromatic hydroxyl groups is 1. The van der Waals surface area contributed by atoms with Gasteiger partial charge in [0, 0.05) is 15.7 Å². The van der Waals surface area contributed by atoms with Crippen LogP contribution in [0.25, 0.3) is 0 Å². The first-order valence-corrected chi connectivity index (χ1v) is 7.86. The molecule has 2 aromatic rings. The van der Waals surface area contributed by atoms with E-state index in [1.54, 1.807) is 18.2 Å². The third-order valence-corrected chi connectivity index (χ3v) is 3.70. The van der Waals surface area contributed by atoms with Crippen LogP contribution < -0.4 is 10.7 Å². The average molecular weight is 376 g/mol. The summed E-state index contributed by atoms with van der Waals surface area (Å²) in [6.45, 7) is 4.13. The zero-order valence-electron chi connectivity index (χ0n) is 12.9. The van der Waals surface area contributed by atoms with Crippen LogP contribution in [0.3, 0.4) is 0 Å². The number of hydrogen-bond acceptors (Lipinski definition) is 4. The summed E-state index contributed by atoms with van der Waals surface area (Å²) in [6, 6.07) is 11.0. The number of amides is 1. The lowest BCUT2D eigenvalue weighted by Gasteiger charge is -2.09. The Morgan fingerprint density at radius 2 is 2.04 bits per heavy atom. The van der Waals surface area contributed by atoms with Gasteiger partial charge in [-0.3, -0.25) is 4.79 Å². The van der Waals surface area contributed by atoms with Crippen LogP contribution in [0.4, 0.5) is 5.69 Å². The van der Waals surface area contributed by atoms with E-state index in [4.69, 9.17) is 0 Å². The van der Waals surface area contributed by atoms with Crippen LogP contribution in [0.2, 0.25) is 0 Å². The maximum absolute atomic E-state index is 11.8. The fourth-order valence-corrected chi connectivity index (χ4v) is 2.41. The third-order valence-electron chi connectivity index (χ3n) is 3.20. The molecule has 0 bridgehead atoms. The SMILES string of the molecule is Cc1ccc(NCC(=O)N/N=C\c2cc(Br)ccc2O)c(C)c1. The van der Waals surface area contributed by atoms with Gasteiger partial charge < -0.3 is 10.4 Å². The minimum absolute atomic E-state index is 0.0969. The van der Waals surface area contributed by atoms with Gasteiger partial charge in [0.15, 0.2) is 0 Å². The Hall–Kier alpha value is -2.34. The van der Waals surface area contributed by atoms with Crippen molar-refractivity contribution in [2.24, 2.45) is 5.10 Å². The van der Waals surface area contributed by atoms with Gasteiger partial charge in [0.2, 0.25) is 0 Å². The molecule has 0 atom stereocenters. The van der Waals surface area contributed by atoms with Crippen molar-refractivity contribution in [1.29, 1.82) is 0 Å². The molecule has 0 radical (unpaired) electrons. The first-order chi connectivity index (χ1) is 11.0.